The van der Waals surface area contributed by atoms with Crippen LogP contribution in [0.15, 0.2) is 18.2 Å². The Morgan fingerprint density at radius 3 is 2.60 bits per heavy atom. The van der Waals surface area contributed by atoms with Gasteiger partial charge in [0.1, 0.15) is 0 Å². The van der Waals surface area contributed by atoms with Crippen LogP contribution in [-0.4, -0.2) is 10.9 Å². The molecule has 15 heavy (non-hydrogen) atoms. The number of aliphatic hydroxyl groups is 1. The van der Waals surface area contributed by atoms with Crippen molar-refractivity contribution in [2.45, 2.75) is 39.7 Å². The molecule has 0 unspecified atom stereocenters. The van der Waals surface area contributed by atoms with Crippen molar-refractivity contribution < 1.29 is 9.90 Å². The molecule has 0 aromatic heterocycles. The van der Waals surface area contributed by atoms with Crippen molar-refractivity contribution in [1.82, 2.24) is 0 Å². The fourth-order valence-corrected chi connectivity index (χ4v) is 1.60. The molecule has 0 aliphatic heterocycles. The first kappa shape index (κ1) is 11.9. The van der Waals surface area contributed by atoms with E-state index in [1.54, 1.807) is 13.0 Å². The van der Waals surface area contributed by atoms with Crippen molar-refractivity contribution in [3.63, 3.8) is 0 Å². The maximum atomic E-state index is 11.2. The molecule has 0 aliphatic rings. The standard InChI is InChI=1S/C13H18O2/c1-3-4-5-12-8-11(10(2)15)6-7-13(12)9-14/h6-8,14H,3-5,9H2,1-2H3. The lowest BCUT2D eigenvalue weighted by Gasteiger charge is -2.08. The highest BCUT2D eigenvalue weighted by atomic mass is 16.3. The van der Waals surface area contributed by atoms with E-state index in [9.17, 15) is 4.79 Å². The molecule has 1 aromatic rings. The van der Waals surface area contributed by atoms with Gasteiger partial charge in [0, 0.05) is 5.56 Å². The molecule has 0 saturated carbocycles. The van der Waals surface area contributed by atoms with E-state index >= 15 is 0 Å². The van der Waals surface area contributed by atoms with Gasteiger partial charge in [0.15, 0.2) is 5.78 Å². The Morgan fingerprint density at radius 2 is 2.07 bits per heavy atom. The Kier molecular flexibility index (Phi) is 4.50. The Labute approximate surface area is 90.9 Å². The van der Waals surface area contributed by atoms with Crippen LogP contribution in [0.2, 0.25) is 0 Å². The topological polar surface area (TPSA) is 37.3 Å². The van der Waals surface area contributed by atoms with E-state index in [4.69, 9.17) is 5.11 Å². The zero-order valence-electron chi connectivity index (χ0n) is 9.42. The number of carbonyl (C=O) groups is 1. The second-order valence-electron chi connectivity index (χ2n) is 3.80. The summed E-state index contributed by atoms with van der Waals surface area (Å²) in [6.45, 7) is 3.75. The van der Waals surface area contributed by atoms with Gasteiger partial charge in [0.25, 0.3) is 0 Å². The molecule has 0 fully saturated rings. The molecule has 0 saturated heterocycles. The van der Waals surface area contributed by atoms with Crippen molar-refractivity contribution in [3.05, 3.63) is 34.9 Å². The summed E-state index contributed by atoms with van der Waals surface area (Å²) in [7, 11) is 0. The van der Waals surface area contributed by atoms with Gasteiger partial charge in [0.05, 0.1) is 6.61 Å². The number of carbonyl (C=O) groups excluding carboxylic acids is 1. The minimum atomic E-state index is 0.0528. The van der Waals surface area contributed by atoms with Gasteiger partial charge >= 0.3 is 0 Å². The average Bonchev–Trinajstić information content (AvgIpc) is 2.25. The first-order valence-corrected chi connectivity index (χ1v) is 5.42. The summed E-state index contributed by atoms with van der Waals surface area (Å²) in [5.74, 6) is 0.0808. The van der Waals surface area contributed by atoms with Crippen LogP contribution in [-0.2, 0) is 13.0 Å². The van der Waals surface area contributed by atoms with E-state index in [1.807, 2.05) is 12.1 Å². The molecule has 82 valence electrons. The largest absolute Gasteiger partial charge is 0.392 e. The summed E-state index contributed by atoms with van der Waals surface area (Å²) < 4.78 is 0. The molecule has 0 radical (unpaired) electrons. The van der Waals surface area contributed by atoms with Crippen molar-refractivity contribution in [2.24, 2.45) is 0 Å². The van der Waals surface area contributed by atoms with Gasteiger partial charge in [-0.05, 0) is 37.0 Å². The summed E-state index contributed by atoms with van der Waals surface area (Å²) >= 11 is 0. The van der Waals surface area contributed by atoms with E-state index in [2.05, 4.69) is 6.92 Å². The first-order valence-electron chi connectivity index (χ1n) is 5.42. The van der Waals surface area contributed by atoms with Gasteiger partial charge < -0.3 is 5.11 Å². The van der Waals surface area contributed by atoms with Crippen molar-refractivity contribution >= 4 is 5.78 Å². The van der Waals surface area contributed by atoms with Crippen molar-refractivity contribution in [3.8, 4) is 0 Å². The van der Waals surface area contributed by atoms with E-state index in [-0.39, 0.29) is 12.4 Å². The summed E-state index contributed by atoms with van der Waals surface area (Å²) in [6, 6.07) is 5.54. The van der Waals surface area contributed by atoms with Crippen LogP contribution >= 0.6 is 0 Å². The van der Waals surface area contributed by atoms with E-state index in [0.29, 0.717) is 0 Å². The Hall–Kier alpha value is -1.15. The van der Waals surface area contributed by atoms with Crippen LogP contribution < -0.4 is 0 Å². The number of benzene rings is 1. The monoisotopic (exact) mass is 206 g/mol. The van der Waals surface area contributed by atoms with Gasteiger partial charge in [-0.1, -0.05) is 25.5 Å². The van der Waals surface area contributed by atoms with Crippen LogP contribution in [0.1, 0.15) is 48.2 Å². The molecule has 2 heteroatoms. The Morgan fingerprint density at radius 1 is 1.33 bits per heavy atom. The molecular formula is C13H18O2. The fraction of sp³-hybridized carbons (Fsp3) is 0.462. The zero-order chi connectivity index (χ0) is 11.3. The highest BCUT2D eigenvalue weighted by Gasteiger charge is 2.05. The summed E-state index contributed by atoms with van der Waals surface area (Å²) in [4.78, 5) is 11.2. The predicted octanol–water partition coefficient (Wildman–Crippen LogP) is 2.72. The fourth-order valence-electron chi connectivity index (χ4n) is 1.60. The number of Topliss-reactive ketones (excluding diaryl/α,β-unsaturated/α-hetero) is 1. The number of hydrogen-bond acceptors (Lipinski definition) is 2. The maximum absolute atomic E-state index is 11.2. The predicted molar refractivity (Wildman–Crippen MR) is 61.0 cm³/mol. The quantitative estimate of drug-likeness (QED) is 0.752. The summed E-state index contributed by atoms with van der Waals surface area (Å²) in [5, 5.41) is 9.16. The molecule has 0 amide bonds. The average molecular weight is 206 g/mol. The molecule has 0 atom stereocenters. The van der Waals surface area contributed by atoms with Gasteiger partial charge in [-0.25, -0.2) is 0 Å². The van der Waals surface area contributed by atoms with E-state index in [0.717, 1.165) is 36.0 Å². The third-order valence-electron chi connectivity index (χ3n) is 2.58. The van der Waals surface area contributed by atoms with Crippen LogP contribution in [0.3, 0.4) is 0 Å². The Bertz CT molecular complexity index is 342. The molecule has 1 aromatic carbocycles. The van der Waals surface area contributed by atoms with Crippen molar-refractivity contribution in [2.75, 3.05) is 0 Å². The van der Waals surface area contributed by atoms with E-state index in [1.165, 1.54) is 0 Å². The van der Waals surface area contributed by atoms with Gasteiger partial charge in [-0.3, -0.25) is 4.79 Å². The highest BCUT2D eigenvalue weighted by Crippen LogP contribution is 2.15. The number of ketones is 1. The van der Waals surface area contributed by atoms with Gasteiger partial charge in [-0.15, -0.1) is 0 Å². The third-order valence-corrected chi connectivity index (χ3v) is 2.58. The SMILES string of the molecule is CCCCc1cc(C(C)=O)ccc1CO. The second kappa shape index (κ2) is 5.66. The molecule has 1 rings (SSSR count). The molecular weight excluding hydrogens is 188 g/mol. The minimum absolute atomic E-state index is 0.0528. The molecule has 0 spiro atoms. The lowest BCUT2D eigenvalue weighted by Crippen LogP contribution is -1.99. The lowest BCUT2D eigenvalue weighted by molar-refractivity contribution is 0.101. The molecule has 0 bridgehead atoms. The molecule has 2 nitrogen and oxygen atoms in total. The maximum Gasteiger partial charge on any atom is 0.159 e. The summed E-state index contributed by atoms with van der Waals surface area (Å²) in [6.07, 6.45) is 3.15. The number of aryl methyl sites for hydroxylation is 1. The van der Waals surface area contributed by atoms with Crippen LogP contribution in [0, 0.1) is 0 Å². The van der Waals surface area contributed by atoms with Gasteiger partial charge in [-0.2, -0.15) is 0 Å². The van der Waals surface area contributed by atoms with Gasteiger partial charge in [0.2, 0.25) is 0 Å². The highest BCUT2D eigenvalue weighted by molar-refractivity contribution is 5.94. The van der Waals surface area contributed by atoms with Crippen LogP contribution in [0.4, 0.5) is 0 Å². The second-order valence-corrected chi connectivity index (χ2v) is 3.80. The summed E-state index contributed by atoms with van der Waals surface area (Å²) in [5.41, 5.74) is 2.78. The van der Waals surface area contributed by atoms with Crippen LogP contribution in [0.25, 0.3) is 0 Å². The third kappa shape index (κ3) is 3.17. The number of hydrogen-bond donors (Lipinski definition) is 1. The lowest BCUT2D eigenvalue weighted by atomic mass is 9.98. The smallest absolute Gasteiger partial charge is 0.159 e. The number of unbranched alkanes of at least 4 members (excludes halogenated alkanes) is 1. The molecule has 0 aliphatic carbocycles. The van der Waals surface area contributed by atoms with Crippen molar-refractivity contribution in [1.29, 1.82) is 0 Å². The Balaban J connectivity index is 2.96. The van der Waals surface area contributed by atoms with E-state index < -0.39 is 0 Å². The minimum Gasteiger partial charge on any atom is -0.392 e. The zero-order valence-corrected chi connectivity index (χ0v) is 9.42. The normalized spacial score (nSPS) is 10.3. The first-order chi connectivity index (χ1) is 7.19. The number of aliphatic hydroxyl groups excluding tert-OH is 1. The molecule has 1 N–H and O–H groups in total. The number of rotatable bonds is 5. The molecule has 0 heterocycles. The van der Waals surface area contributed by atoms with Crippen LogP contribution in [0.5, 0.6) is 0 Å².